The Morgan fingerprint density at radius 1 is 1.07 bits per heavy atom. The summed E-state index contributed by atoms with van der Waals surface area (Å²) in [7, 11) is 0. The molecule has 0 amide bonds. The number of carbonyl (C=O) groups is 1. The van der Waals surface area contributed by atoms with E-state index in [1.807, 2.05) is 47.2 Å². The summed E-state index contributed by atoms with van der Waals surface area (Å²) in [6.07, 6.45) is 1.86. The van der Waals surface area contributed by atoms with Gasteiger partial charge in [-0.3, -0.25) is 4.79 Å². The molecule has 0 saturated heterocycles. The molecular formula is C23H23N3O2. The van der Waals surface area contributed by atoms with E-state index < -0.39 is 0 Å². The Labute approximate surface area is 164 Å². The van der Waals surface area contributed by atoms with Crippen LogP contribution in [0, 0.1) is 0 Å². The molecule has 0 spiro atoms. The van der Waals surface area contributed by atoms with Crippen LogP contribution in [0.5, 0.6) is 0 Å². The minimum absolute atomic E-state index is 0.0418. The van der Waals surface area contributed by atoms with E-state index in [-0.39, 0.29) is 11.2 Å². The van der Waals surface area contributed by atoms with E-state index in [1.54, 1.807) is 6.92 Å². The van der Waals surface area contributed by atoms with Crippen molar-refractivity contribution in [1.29, 1.82) is 0 Å². The van der Waals surface area contributed by atoms with Crippen LogP contribution in [0.3, 0.4) is 0 Å². The minimum atomic E-state index is 0.0418. The zero-order chi connectivity index (χ0) is 19.9. The number of nitrogens with zero attached hydrogens (tertiary/aromatic N) is 3. The van der Waals surface area contributed by atoms with Gasteiger partial charge in [0.25, 0.3) is 0 Å². The van der Waals surface area contributed by atoms with Crippen molar-refractivity contribution in [2.75, 3.05) is 0 Å². The van der Waals surface area contributed by atoms with E-state index in [9.17, 15) is 4.79 Å². The summed E-state index contributed by atoms with van der Waals surface area (Å²) >= 11 is 0. The van der Waals surface area contributed by atoms with Crippen molar-refractivity contribution in [2.45, 2.75) is 39.7 Å². The van der Waals surface area contributed by atoms with Gasteiger partial charge < -0.3 is 9.09 Å². The second-order valence-corrected chi connectivity index (χ2v) is 8.08. The first-order chi connectivity index (χ1) is 13.3. The number of carbonyl (C=O) groups excluding carboxylic acids is 1. The van der Waals surface area contributed by atoms with Gasteiger partial charge in [-0.05, 0) is 24.0 Å². The summed E-state index contributed by atoms with van der Waals surface area (Å²) in [5.74, 6) is 1.12. The third-order valence-electron chi connectivity index (χ3n) is 4.95. The third kappa shape index (κ3) is 3.36. The standard InChI is InChI=1S/C23H23N3O2/c1-15(27)19-13-26(20-8-6-5-7-18(19)20)14-21-24-22(25-28-21)16-9-11-17(12-10-16)23(2,3)4/h5-13H,14H2,1-4H3. The van der Waals surface area contributed by atoms with E-state index in [4.69, 9.17) is 4.52 Å². The van der Waals surface area contributed by atoms with Crippen LogP contribution in [0.2, 0.25) is 0 Å². The fraction of sp³-hybridized carbons (Fsp3) is 0.261. The molecule has 0 fully saturated rings. The van der Waals surface area contributed by atoms with Gasteiger partial charge in [0.1, 0.15) is 6.54 Å². The average molecular weight is 373 g/mol. The smallest absolute Gasteiger partial charge is 0.246 e. The third-order valence-corrected chi connectivity index (χ3v) is 4.95. The maximum Gasteiger partial charge on any atom is 0.246 e. The van der Waals surface area contributed by atoms with Crippen molar-refractivity contribution in [3.8, 4) is 11.4 Å². The van der Waals surface area contributed by atoms with E-state index >= 15 is 0 Å². The van der Waals surface area contributed by atoms with Crippen molar-refractivity contribution >= 4 is 16.7 Å². The van der Waals surface area contributed by atoms with E-state index in [0.717, 1.165) is 16.5 Å². The molecule has 4 aromatic rings. The molecule has 0 aliphatic heterocycles. The van der Waals surface area contributed by atoms with Gasteiger partial charge in [-0.2, -0.15) is 4.98 Å². The van der Waals surface area contributed by atoms with Gasteiger partial charge in [0.05, 0.1) is 0 Å². The Kier molecular flexibility index (Phi) is 4.38. The van der Waals surface area contributed by atoms with E-state index in [2.05, 4.69) is 43.0 Å². The lowest BCUT2D eigenvalue weighted by Crippen LogP contribution is -2.10. The predicted octanol–water partition coefficient (Wildman–Crippen LogP) is 5.24. The molecule has 0 unspecified atom stereocenters. The number of rotatable bonds is 4. The quantitative estimate of drug-likeness (QED) is 0.459. The van der Waals surface area contributed by atoms with Crippen LogP contribution in [0.4, 0.5) is 0 Å². The minimum Gasteiger partial charge on any atom is -0.337 e. The van der Waals surface area contributed by atoms with Gasteiger partial charge in [0, 0.05) is 28.2 Å². The Morgan fingerprint density at radius 2 is 1.79 bits per heavy atom. The first-order valence-electron chi connectivity index (χ1n) is 9.35. The van der Waals surface area contributed by atoms with Crippen LogP contribution < -0.4 is 0 Å². The molecule has 2 heterocycles. The summed E-state index contributed by atoms with van der Waals surface area (Å²) in [5.41, 5.74) is 3.96. The van der Waals surface area contributed by atoms with Crippen LogP contribution in [0.15, 0.2) is 59.3 Å². The number of fused-ring (bicyclic) bond motifs is 1. The van der Waals surface area contributed by atoms with E-state index in [0.29, 0.717) is 23.8 Å². The highest BCUT2D eigenvalue weighted by atomic mass is 16.5. The van der Waals surface area contributed by atoms with Crippen molar-refractivity contribution < 1.29 is 9.32 Å². The van der Waals surface area contributed by atoms with Crippen LogP contribution in [-0.2, 0) is 12.0 Å². The predicted molar refractivity (Wildman–Crippen MR) is 109 cm³/mol. The summed E-state index contributed by atoms with van der Waals surface area (Å²) in [5, 5.41) is 5.07. The molecule has 0 aliphatic rings. The molecule has 0 bridgehead atoms. The first kappa shape index (κ1) is 18.2. The maximum absolute atomic E-state index is 11.9. The highest BCUT2D eigenvalue weighted by molar-refractivity contribution is 6.06. The molecule has 0 radical (unpaired) electrons. The lowest BCUT2D eigenvalue weighted by atomic mass is 9.87. The molecule has 0 N–H and O–H groups in total. The zero-order valence-corrected chi connectivity index (χ0v) is 16.6. The molecule has 2 aromatic heterocycles. The number of benzene rings is 2. The fourth-order valence-corrected chi connectivity index (χ4v) is 3.36. The number of Topliss-reactive ketones (excluding diaryl/α,β-unsaturated/α-hetero) is 1. The molecule has 4 rings (SSSR count). The maximum atomic E-state index is 11.9. The number of para-hydroxylation sites is 1. The molecule has 0 saturated carbocycles. The van der Waals surface area contributed by atoms with Gasteiger partial charge >= 0.3 is 0 Å². The van der Waals surface area contributed by atoms with Crippen LogP contribution >= 0.6 is 0 Å². The van der Waals surface area contributed by atoms with Gasteiger partial charge in [-0.1, -0.05) is 68.4 Å². The molecule has 0 atom stereocenters. The van der Waals surface area contributed by atoms with Crippen molar-refractivity contribution in [3.05, 3.63) is 71.7 Å². The Hall–Kier alpha value is -3.21. The monoisotopic (exact) mass is 373 g/mol. The van der Waals surface area contributed by atoms with E-state index in [1.165, 1.54) is 5.56 Å². The molecule has 0 aliphatic carbocycles. The van der Waals surface area contributed by atoms with Gasteiger partial charge in [0.15, 0.2) is 5.78 Å². The summed E-state index contributed by atoms with van der Waals surface area (Å²) in [4.78, 5) is 16.5. The molecule has 2 aromatic carbocycles. The normalized spacial score (nSPS) is 11.9. The molecular weight excluding hydrogens is 350 g/mol. The lowest BCUT2D eigenvalue weighted by molar-refractivity contribution is 0.101. The van der Waals surface area contributed by atoms with Crippen LogP contribution in [0.25, 0.3) is 22.3 Å². The second kappa shape index (κ2) is 6.75. The summed E-state index contributed by atoms with van der Waals surface area (Å²) in [6, 6.07) is 16.1. The highest BCUT2D eigenvalue weighted by Gasteiger charge is 2.16. The van der Waals surface area contributed by atoms with Gasteiger partial charge in [-0.25, -0.2) is 0 Å². The molecule has 5 nitrogen and oxygen atoms in total. The van der Waals surface area contributed by atoms with Crippen molar-refractivity contribution in [1.82, 2.24) is 14.7 Å². The highest BCUT2D eigenvalue weighted by Crippen LogP contribution is 2.26. The summed E-state index contributed by atoms with van der Waals surface area (Å²) in [6.45, 7) is 8.56. The lowest BCUT2D eigenvalue weighted by Gasteiger charge is -2.18. The SMILES string of the molecule is CC(=O)c1cn(Cc2nc(-c3ccc(C(C)(C)C)cc3)no2)c2ccccc12. The van der Waals surface area contributed by atoms with Gasteiger partial charge in [-0.15, -0.1) is 0 Å². The topological polar surface area (TPSA) is 60.9 Å². The Morgan fingerprint density at radius 3 is 2.46 bits per heavy atom. The average Bonchev–Trinajstić information content (AvgIpc) is 3.27. The number of hydrogen-bond acceptors (Lipinski definition) is 4. The molecule has 28 heavy (non-hydrogen) atoms. The number of aromatic nitrogens is 3. The van der Waals surface area contributed by atoms with Crippen molar-refractivity contribution in [3.63, 3.8) is 0 Å². The number of ketones is 1. The van der Waals surface area contributed by atoms with Crippen molar-refractivity contribution in [2.24, 2.45) is 0 Å². The van der Waals surface area contributed by atoms with Crippen LogP contribution in [-0.4, -0.2) is 20.5 Å². The molecule has 5 heteroatoms. The summed E-state index contributed by atoms with van der Waals surface area (Å²) < 4.78 is 7.45. The number of hydrogen-bond donors (Lipinski definition) is 0. The second-order valence-electron chi connectivity index (χ2n) is 8.08. The Bertz CT molecular complexity index is 1140. The van der Waals surface area contributed by atoms with Gasteiger partial charge in [0.2, 0.25) is 11.7 Å². The first-order valence-corrected chi connectivity index (χ1v) is 9.35. The largest absolute Gasteiger partial charge is 0.337 e. The Balaban J connectivity index is 1.63. The zero-order valence-electron chi connectivity index (χ0n) is 16.6. The fourth-order valence-electron chi connectivity index (χ4n) is 3.36. The molecule has 142 valence electrons. The van der Waals surface area contributed by atoms with Crippen LogP contribution in [0.1, 0.15) is 49.5 Å².